The van der Waals surface area contributed by atoms with Gasteiger partial charge in [-0.1, -0.05) is 29.8 Å². The van der Waals surface area contributed by atoms with Crippen molar-refractivity contribution in [1.82, 2.24) is 24.6 Å². The Morgan fingerprint density at radius 1 is 1.13 bits per heavy atom. The molecule has 0 spiro atoms. The molecule has 1 aromatic heterocycles. The lowest BCUT2D eigenvalue weighted by Crippen LogP contribution is -2.45. The number of carbonyl (C=O) groups is 1. The number of hydrogen-bond acceptors (Lipinski definition) is 4. The number of likely N-dealkylation sites (N-methyl/N-ethyl adjacent to an activating group) is 1. The molecule has 1 heterocycles. The standard InChI is InChI=1S/C22H26ClN5OS/c1-22(2,3)24-19(29)14-26(4)15-27-21(30)28(18-8-6-5-7-9-18)20(25-27)16-10-12-17(23)13-11-16/h5-13H,14-15H2,1-4H3,(H,24,29). The van der Waals surface area contributed by atoms with E-state index in [1.54, 1.807) is 4.68 Å². The average molecular weight is 444 g/mol. The van der Waals surface area contributed by atoms with Gasteiger partial charge in [-0.3, -0.25) is 14.3 Å². The van der Waals surface area contributed by atoms with E-state index in [-0.39, 0.29) is 18.0 Å². The number of hydrogen-bond donors (Lipinski definition) is 1. The normalized spacial score (nSPS) is 11.7. The molecule has 2 aromatic carbocycles. The maximum absolute atomic E-state index is 12.3. The Morgan fingerprint density at radius 3 is 2.37 bits per heavy atom. The van der Waals surface area contributed by atoms with Gasteiger partial charge in [-0.05, 0) is 76.4 Å². The van der Waals surface area contributed by atoms with Gasteiger partial charge in [-0.15, -0.1) is 5.10 Å². The molecule has 1 amide bonds. The van der Waals surface area contributed by atoms with Crippen molar-refractivity contribution >= 4 is 29.7 Å². The molecule has 0 aliphatic carbocycles. The topological polar surface area (TPSA) is 55.1 Å². The highest BCUT2D eigenvalue weighted by Gasteiger charge is 2.18. The van der Waals surface area contributed by atoms with Gasteiger partial charge in [0.25, 0.3) is 0 Å². The second kappa shape index (κ2) is 9.12. The van der Waals surface area contributed by atoms with Crippen LogP contribution in [0.25, 0.3) is 17.1 Å². The lowest BCUT2D eigenvalue weighted by Gasteiger charge is -2.23. The number of benzene rings is 2. The summed E-state index contributed by atoms with van der Waals surface area (Å²) in [6.45, 7) is 6.51. The van der Waals surface area contributed by atoms with E-state index in [1.165, 1.54) is 0 Å². The van der Waals surface area contributed by atoms with Crippen molar-refractivity contribution in [3.63, 3.8) is 0 Å². The van der Waals surface area contributed by atoms with E-state index >= 15 is 0 Å². The molecule has 0 atom stereocenters. The SMILES string of the molecule is CN(CC(=O)NC(C)(C)C)Cn1nc(-c2ccc(Cl)cc2)n(-c2ccccc2)c1=S. The number of halogens is 1. The highest BCUT2D eigenvalue weighted by molar-refractivity contribution is 7.71. The van der Waals surface area contributed by atoms with Crippen molar-refractivity contribution in [2.75, 3.05) is 13.6 Å². The molecule has 1 N–H and O–H groups in total. The van der Waals surface area contributed by atoms with Gasteiger partial charge in [-0.25, -0.2) is 4.68 Å². The van der Waals surface area contributed by atoms with Gasteiger partial charge in [0.1, 0.15) is 0 Å². The molecule has 0 aliphatic heterocycles. The van der Waals surface area contributed by atoms with Crippen molar-refractivity contribution < 1.29 is 4.79 Å². The molecule has 158 valence electrons. The van der Waals surface area contributed by atoms with Crippen LogP contribution in [0.3, 0.4) is 0 Å². The highest BCUT2D eigenvalue weighted by Crippen LogP contribution is 2.24. The predicted octanol–water partition coefficient (Wildman–Crippen LogP) is 4.53. The second-order valence-electron chi connectivity index (χ2n) is 8.24. The minimum atomic E-state index is -0.273. The summed E-state index contributed by atoms with van der Waals surface area (Å²) in [5, 5.41) is 8.40. The first-order valence-corrected chi connectivity index (χ1v) is 10.4. The maximum Gasteiger partial charge on any atom is 0.234 e. The van der Waals surface area contributed by atoms with Gasteiger partial charge in [0.15, 0.2) is 5.82 Å². The van der Waals surface area contributed by atoms with Gasteiger partial charge in [0.05, 0.1) is 13.2 Å². The van der Waals surface area contributed by atoms with E-state index in [4.69, 9.17) is 28.9 Å². The van der Waals surface area contributed by atoms with Crippen LogP contribution in [0, 0.1) is 4.77 Å². The first-order valence-electron chi connectivity index (χ1n) is 9.65. The molecule has 8 heteroatoms. The van der Waals surface area contributed by atoms with Crippen molar-refractivity contribution in [3.8, 4) is 17.1 Å². The molecule has 0 saturated heterocycles. The van der Waals surface area contributed by atoms with Crippen LogP contribution in [0.5, 0.6) is 0 Å². The number of nitrogens with zero attached hydrogens (tertiary/aromatic N) is 4. The van der Waals surface area contributed by atoms with Crippen molar-refractivity contribution in [3.05, 3.63) is 64.4 Å². The summed E-state index contributed by atoms with van der Waals surface area (Å²) >= 11 is 11.8. The Balaban J connectivity index is 1.93. The highest BCUT2D eigenvalue weighted by atomic mass is 35.5. The third kappa shape index (κ3) is 5.56. The second-order valence-corrected chi connectivity index (χ2v) is 9.04. The quantitative estimate of drug-likeness (QED) is 0.569. The first kappa shape index (κ1) is 22.2. The zero-order valence-corrected chi connectivity index (χ0v) is 19.2. The summed E-state index contributed by atoms with van der Waals surface area (Å²) in [5.74, 6) is 0.673. The van der Waals surface area contributed by atoms with Crippen LogP contribution in [-0.4, -0.2) is 44.3 Å². The smallest absolute Gasteiger partial charge is 0.234 e. The van der Waals surface area contributed by atoms with Gasteiger partial charge in [-0.2, -0.15) is 0 Å². The van der Waals surface area contributed by atoms with E-state index in [0.717, 1.165) is 17.1 Å². The fraction of sp³-hybridized carbons (Fsp3) is 0.318. The molecular formula is C22H26ClN5OS. The predicted molar refractivity (Wildman–Crippen MR) is 123 cm³/mol. The molecule has 0 unspecified atom stereocenters. The number of amides is 1. The zero-order valence-electron chi connectivity index (χ0n) is 17.6. The Hall–Kier alpha value is -2.48. The number of carbonyl (C=O) groups excluding carboxylic acids is 1. The average Bonchev–Trinajstić information content (AvgIpc) is 2.97. The largest absolute Gasteiger partial charge is 0.350 e. The van der Waals surface area contributed by atoms with E-state index in [1.807, 2.05) is 91.9 Å². The van der Waals surface area contributed by atoms with Crippen molar-refractivity contribution in [2.24, 2.45) is 0 Å². The molecule has 0 saturated carbocycles. The van der Waals surface area contributed by atoms with Crippen LogP contribution < -0.4 is 5.32 Å². The number of aromatic nitrogens is 3. The molecule has 0 radical (unpaired) electrons. The van der Waals surface area contributed by atoms with E-state index in [0.29, 0.717) is 16.5 Å². The van der Waals surface area contributed by atoms with Crippen molar-refractivity contribution in [1.29, 1.82) is 0 Å². The van der Waals surface area contributed by atoms with E-state index in [2.05, 4.69) is 5.32 Å². The molecule has 30 heavy (non-hydrogen) atoms. The van der Waals surface area contributed by atoms with Crippen LogP contribution in [0.15, 0.2) is 54.6 Å². The Bertz CT molecular complexity index is 1070. The monoisotopic (exact) mass is 443 g/mol. The number of para-hydroxylation sites is 1. The van der Waals surface area contributed by atoms with Gasteiger partial charge >= 0.3 is 0 Å². The summed E-state index contributed by atoms with van der Waals surface area (Å²) in [4.78, 5) is 14.1. The van der Waals surface area contributed by atoms with Crippen LogP contribution in [-0.2, 0) is 11.5 Å². The van der Waals surface area contributed by atoms with E-state index < -0.39 is 0 Å². The molecule has 0 aliphatic rings. The molecule has 3 aromatic rings. The van der Waals surface area contributed by atoms with Crippen LogP contribution in [0.1, 0.15) is 20.8 Å². The maximum atomic E-state index is 12.3. The van der Waals surface area contributed by atoms with Crippen LogP contribution >= 0.6 is 23.8 Å². The summed E-state index contributed by atoms with van der Waals surface area (Å²) in [5.41, 5.74) is 1.55. The minimum Gasteiger partial charge on any atom is -0.350 e. The summed E-state index contributed by atoms with van der Waals surface area (Å²) in [6, 6.07) is 17.4. The summed E-state index contributed by atoms with van der Waals surface area (Å²) in [6.07, 6.45) is 0. The third-order valence-electron chi connectivity index (χ3n) is 4.26. The lowest BCUT2D eigenvalue weighted by molar-refractivity contribution is -0.123. The Morgan fingerprint density at radius 2 is 1.77 bits per heavy atom. The van der Waals surface area contributed by atoms with Gasteiger partial charge in [0.2, 0.25) is 10.7 Å². The Labute approximate surface area is 187 Å². The molecular weight excluding hydrogens is 418 g/mol. The van der Waals surface area contributed by atoms with E-state index in [9.17, 15) is 4.79 Å². The third-order valence-corrected chi connectivity index (χ3v) is 4.90. The Kier molecular flexibility index (Phi) is 6.75. The van der Waals surface area contributed by atoms with Crippen molar-refractivity contribution in [2.45, 2.75) is 33.0 Å². The zero-order chi connectivity index (χ0) is 21.9. The van der Waals surface area contributed by atoms with Gasteiger partial charge in [0, 0.05) is 21.8 Å². The van der Waals surface area contributed by atoms with Crippen LogP contribution in [0.2, 0.25) is 5.02 Å². The minimum absolute atomic E-state index is 0.0445. The first-order chi connectivity index (χ1) is 14.1. The lowest BCUT2D eigenvalue weighted by atomic mass is 10.1. The van der Waals surface area contributed by atoms with Crippen LogP contribution in [0.4, 0.5) is 0 Å². The molecule has 0 bridgehead atoms. The number of rotatable bonds is 6. The molecule has 3 rings (SSSR count). The fourth-order valence-corrected chi connectivity index (χ4v) is 3.49. The molecule has 6 nitrogen and oxygen atoms in total. The number of nitrogens with one attached hydrogen (secondary N) is 1. The summed E-state index contributed by atoms with van der Waals surface area (Å²) in [7, 11) is 1.87. The molecule has 0 fully saturated rings. The summed E-state index contributed by atoms with van der Waals surface area (Å²) < 4.78 is 4.22. The van der Waals surface area contributed by atoms with Gasteiger partial charge < -0.3 is 5.32 Å². The fourth-order valence-electron chi connectivity index (χ4n) is 3.08.